The van der Waals surface area contributed by atoms with Crippen molar-refractivity contribution in [1.82, 2.24) is 19.7 Å². The van der Waals surface area contributed by atoms with Crippen molar-refractivity contribution in [3.63, 3.8) is 0 Å². The first-order valence-electron chi connectivity index (χ1n) is 17.7. The number of aromatic nitrogens is 3. The van der Waals surface area contributed by atoms with Gasteiger partial charge in [-0.3, -0.25) is 4.90 Å². The molecule has 5 rings (SSSR count). The van der Waals surface area contributed by atoms with E-state index in [1.165, 1.54) is 0 Å². The van der Waals surface area contributed by atoms with Crippen LogP contribution >= 0.6 is 0 Å². The average molecular weight is 694 g/mol. The number of ether oxygens (including phenoxy) is 1. The molecule has 0 bridgehead atoms. The van der Waals surface area contributed by atoms with Crippen LogP contribution in [0.4, 0.5) is 22.1 Å². The molecule has 0 unspecified atom stereocenters. The van der Waals surface area contributed by atoms with Gasteiger partial charge in [-0.15, -0.1) is 5.10 Å². The molecule has 11 heteroatoms. The molecule has 0 aliphatic carbocycles. The van der Waals surface area contributed by atoms with Crippen LogP contribution in [0.2, 0.25) is 17.1 Å². The van der Waals surface area contributed by atoms with Gasteiger partial charge >= 0.3 is 6.03 Å². The van der Waals surface area contributed by atoms with Gasteiger partial charge in [0.25, 0.3) is 0 Å². The Hall–Kier alpha value is -4.66. The van der Waals surface area contributed by atoms with Gasteiger partial charge in [0.2, 0.25) is 0 Å². The largest absolute Gasteiger partial charge is 0.497 e. The van der Waals surface area contributed by atoms with Gasteiger partial charge in [0, 0.05) is 61.9 Å². The molecule has 2 aromatic heterocycles. The zero-order valence-corrected chi connectivity index (χ0v) is 31.8. The van der Waals surface area contributed by atoms with Gasteiger partial charge in [0.15, 0.2) is 14.1 Å². The molecule has 3 heterocycles. The maximum atomic E-state index is 13.6. The van der Waals surface area contributed by atoms with E-state index in [-0.39, 0.29) is 11.1 Å². The standard InChI is InChI=1S/C39H51N7O3Si/c1-9-31-25-30(26-40)14-17-34(31)42-37-33(19-23-49-50(10-2,11-3)39(5,6)7)35(24-28(4)41-37)46-20-18-36(43-46)45-22-21-44(38(45)47)27-29-12-15-32(48-8)16-13-29/h12-18,20,24-25H,9-11,19,21-23,27H2,1-8H3,(H,41,42). The van der Waals surface area contributed by atoms with Gasteiger partial charge in [-0.05, 0) is 78.0 Å². The van der Waals surface area contributed by atoms with Crippen molar-refractivity contribution in [2.75, 3.05) is 37.0 Å². The van der Waals surface area contributed by atoms with Gasteiger partial charge < -0.3 is 19.4 Å². The fourth-order valence-corrected chi connectivity index (χ4v) is 11.0. The van der Waals surface area contributed by atoms with Crippen LogP contribution in [-0.4, -0.2) is 60.8 Å². The van der Waals surface area contributed by atoms with Gasteiger partial charge in [0.1, 0.15) is 11.6 Å². The number of aryl methyl sites for hydroxylation is 2. The highest BCUT2D eigenvalue weighted by Gasteiger charge is 2.43. The second-order valence-electron chi connectivity index (χ2n) is 13.9. The quantitative estimate of drug-likeness (QED) is 0.132. The molecule has 264 valence electrons. The number of urea groups is 1. The topological polar surface area (TPSA) is 109 Å². The van der Waals surface area contributed by atoms with Crippen LogP contribution in [0.15, 0.2) is 60.8 Å². The fraction of sp³-hybridized carbons (Fsp3) is 0.436. The number of benzene rings is 2. The summed E-state index contributed by atoms with van der Waals surface area (Å²) in [5.74, 6) is 2.13. The molecule has 0 radical (unpaired) electrons. The van der Waals surface area contributed by atoms with Crippen molar-refractivity contribution < 1.29 is 14.0 Å². The smallest absolute Gasteiger partial charge is 0.326 e. The number of anilines is 3. The molecule has 1 aliphatic rings. The first-order valence-corrected chi connectivity index (χ1v) is 20.0. The summed E-state index contributed by atoms with van der Waals surface area (Å²) in [6, 6.07) is 21.7. The minimum Gasteiger partial charge on any atom is -0.497 e. The highest BCUT2D eigenvalue weighted by molar-refractivity contribution is 6.76. The number of nitriles is 1. The van der Waals surface area contributed by atoms with E-state index in [9.17, 15) is 10.1 Å². The lowest BCUT2D eigenvalue weighted by Crippen LogP contribution is -2.46. The number of amides is 2. The van der Waals surface area contributed by atoms with E-state index in [4.69, 9.17) is 19.2 Å². The Balaban J connectivity index is 1.47. The summed E-state index contributed by atoms with van der Waals surface area (Å²) < 4.78 is 14.1. The minimum absolute atomic E-state index is 0.0662. The van der Waals surface area contributed by atoms with Crippen LogP contribution in [0.1, 0.15) is 69.5 Å². The van der Waals surface area contributed by atoms with Crippen LogP contribution in [0.5, 0.6) is 5.75 Å². The number of hydrogen-bond donors (Lipinski definition) is 1. The SMILES string of the molecule is CCc1cc(C#N)ccc1Nc1nc(C)cc(-n2ccc(N3CCN(Cc4ccc(OC)cc4)C3=O)n2)c1CCO[Si](CC)(CC)C(C)(C)C. The highest BCUT2D eigenvalue weighted by Crippen LogP contribution is 2.42. The average Bonchev–Trinajstić information content (AvgIpc) is 3.74. The second kappa shape index (κ2) is 15.5. The summed E-state index contributed by atoms with van der Waals surface area (Å²) in [7, 11) is -0.388. The Morgan fingerprint density at radius 3 is 2.40 bits per heavy atom. The van der Waals surface area contributed by atoms with E-state index in [0.717, 1.165) is 63.8 Å². The maximum Gasteiger partial charge on any atom is 0.326 e. The monoisotopic (exact) mass is 693 g/mol. The molecule has 50 heavy (non-hydrogen) atoms. The van der Waals surface area contributed by atoms with Gasteiger partial charge in [-0.2, -0.15) is 5.26 Å². The summed E-state index contributed by atoms with van der Waals surface area (Å²) in [4.78, 5) is 22.1. The number of pyridine rings is 1. The Morgan fingerprint density at radius 2 is 1.76 bits per heavy atom. The van der Waals surface area contributed by atoms with E-state index < -0.39 is 8.32 Å². The molecular formula is C39H51N7O3Si. The molecule has 1 aliphatic heterocycles. The Labute approximate surface area is 298 Å². The van der Waals surface area contributed by atoms with Crippen LogP contribution < -0.4 is 15.0 Å². The van der Waals surface area contributed by atoms with Gasteiger partial charge in [-0.1, -0.05) is 53.7 Å². The molecule has 1 saturated heterocycles. The van der Waals surface area contributed by atoms with E-state index in [1.54, 1.807) is 12.0 Å². The van der Waals surface area contributed by atoms with Crippen molar-refractivity contribution in [2.45, 2.75) is 85.0 Å². The van der Waals surface area contributed by atoms with E-state index in [1.807, 2.05) is 77.3 Å². The maximum absolute atomic E-state index is 13.6. The van der Waals surface area contributed by atoms with Crippen molar-refractivity contribution >= 4 is 31.7 Å². The molecule has 4 aromatic rings. The molecule has 0 spiro atoms. The summed E-state index contributed by atoms with van der Waals surface area (Å²) in [5.41, 5.74) is 6.33. The number of carbonyl (C=O) groups excluding carboxylic acids is 1. The lowest BCUT2D eigenvalue weighted by Gasteiger charge is -2.41. The van der Waals surface area contributed by atoms with Gasteiger partial charge in [0.05, 0.1) is 24.4 Å². The van der Waals surface area contributed by atoms with Gasteiger partial charge in [-0.25, -0.2) is 14.5 Å². The zero-order valence-electron chi connectivity index (χ0n) is 30.8. The van der Waals surface area contributed by atoms with Crippen LogP contribution in [-0.2, 0) is 23.8 Å². The van der Waals surface area contributed by atoms with Crippen LogP contribution in [0.25, 0.3) is 5.69 Å². The molecule has 10 nitrogen and oxygen atoms in total. The summed E-state index contributed by atoms with van der Waals surface area (Å²) in [6.07, 6.45) is 3.31. The third-order valence-electron chi connectivity index (χ3n) is 10.1. The number of nitrogens with zero attached hydrogens (tertiary/aromatic N) is 6. The van der Waals surface area contributed by atoms with Crippen molar-refractivity contribution in [3.8, 4) is 17.5 Å². The number of methoxy groups -OCH3 is 1. The first-order chi connectivity index (χ1) is 23.9. The molecule has 2 aromatic carbocycles. The van der Waals surface area contributed by atoms with E-state index in [2.05, 4.69) is 52.9 Å². The summed E-state index contributed by atoms with van der Waals surface area (Å²) >= 11 is 0. The van der Waals surface area contributed by atoms with E-state index in [0.29, 0.717) is 44.0 Å². The Kier molecular flexibility index (Phi) is 11.3. The van der Waals surface area contributed by atoms with Crippen LogP contribution in [0.3, 0.4) is 0 Å². The predicted octanol–water partition coefficient (Wildman–Crippen LogP) is 8.55. The third kappa shape index (κ3) is 7.72. The second-order valence-corrected chi connectivity index (χ2v) is 19.1. The third-order valence-corrected chi connectivity index (χ3v) is 15.8. The number of hydrogen-bond acceptors (Lipinski definition) is 7. The zero-order chi connectivity index (χ0) is 36.1. The molecular weight excluding hydrogens is 643 g/mol. The number of rotatable bonds is 14. The molecule has 1 N–H and O–H groups in total. The molecule has 0 saturated carbocycles. The fourth-order valence-electron chi connectivity index (χ4n) is 7.01. The summed E-state index contributed by atoms with van der Waals surface area (Å²) in [6.45, 7) is 17.7. The van der Waals surface area contributed by atoms with E-state index >= 15 is 0 Å². The predicted molar refractivity (Wildman–Crippen MR) is 202 cm³/mol. The Bertz CT molecular complexity index is 1840. The molecule has 0 atom stereocenters. The first kappa shape index (κ1) is 36.6. The number of nitrogens with one attached hydrogen (secondary N) is 1. The van der Waals surface area contributed by atoms with Crippen molar-refractivity contribution in [1.29, 1.82) is 5.26 Å². The lowest BCUT2D eigenvalue weighted by molar-refractivity contribution is 0.218. The minimum atomic E-state index is -2.03. The highest BCUT2D eigenvalue weighted by atomic mass is 28.4. The van der Waals surface area contributed by atoms with Crippen LogP contribution in [0, 0.1) is 18.3 Å². The normalized spacial score (nSPS) is 13.5. The molecule has 2 amide bonds. The van der Waals surface area contributed by atoms with Crippen molar-refractivity contribution in [3.05, 3.63) is 88.7 Å². The van der Waals surface area contributed by atoms with Crippen molar-refractivity contribution in [2.24, 2.45) is 0 Å². The number of carbonyl (C=O) groups is 1. The molecule has 1 fully saturated rings. The lowest BCUT2D eigenvalue weighted by atomic mass is 10.1. The summed E-state index contributed by atoms with van der Waals surface area (Å²) in [5, 5.41) is 18.2. The Morgan fingerprint density at radius 1 is 1.02 bits per heavy atom.